The SMILES string of the molecule is CCC(C=O)(CC)CN(CC1CC1)C1CC1. The van der Waals surface area contributed by atoms with Gasteiger partial charge >= 0.3 is 0 Å². The number of rotatable bonds is 8. The average molecular weight is 223 g/mol. The summed E-state index contributed by atoms with van der Waals surface area (Å²) in [5.41, 5.74) is -0.0719. The standard InChI is InChI=1S/C14H25NO/c1-3-14(4-2,11-16)10-15(13-7-8-13)9-12-5-6-12/h11-13H,3-10H2,1-2H3. The molecule has 92 valence electrons. The molecule has 0 aromatic carbocycles. The Bertz CT molecular complexity index is 239. The fourth-order valence-electron chi connectivity index (χ4n) is 2.50. The molecular formula is C14H25NO. The molecule has 2 nitrogen and oxygen atoms in total. The molecule has 0 amide bonds. The van der Waals surface area contributed by atoms with E-state index < -0.39 is 0 Å². The monoisotopic (exact) mass is 223 g/mol. The van der Waals surface area contributed by atoms with Gasteiger partial charge in [0.15, 0.2) is 0 Å². The fourth-order valence-corrected chi connectivity index (χ4v) is 2.50. The first-order valence-electron chi connectivity index (χ1n) is 6.93. The quantitative estimate of drug-likeness (QED) is 0.590. The first-order valence-corrected chi connectivity index (χ1v) is 6.93. The molecule has 0 aromatic rings. The van der Waals surface area contributed by atoms with Crippen molar-refractivity contribution in [1.82, 2.24) is 4.90 Å². The lowest BCUT2D eigenvalue weighted by atomic mass is 9.83. The third kappa shape index (κ3) is 2.85. The van der Waals surface area contributed by atoms with E-state index in [0.29, 0.717) is 0 Å². The molecule has 0 unspecified atom stereocenters. The highest BCUT2D eigenvalue weighted by Crippen LogP contribution is 2.37. The largest absolute Gasteiger partial charge is 0.303 e. The van der Waals surface area contributed by atoms with E-state index in [1.807, 2.05) is 0 Å². The van der Waals surface area contributed by atoms with Gasteiger partial charge in [0.05, 0.1) is 0 Å². The van der Waals surface area contributed by atoms with Crippen molar-refractivity contribution in [3.63, 3.8) is 0 Å². The van der Waals surface area contributed by atoms with Crippen LogP contribution in [-0.4, -0.2) is 30.3 Å². The summed E-state index contributed by atoms with van der Waals surface area (Å²) in [6.07, 6.45) is 8.73. The van der Waals surface area contributed by atoms with Gasteiger partial charge in [0.2, 0.25) is 0 Å². The first kappa shape index (κ1) is 12.1. The minimum Gasteiger partial charge on any atom is -0.303 e. The van der Waals surface area contributed by atoms with Gasteiger partial charge in [-0.05, 0) is 44.4 Å². The zero-order valence-corrected chi connectivity index (χ0v) is 10.7. The summed E-state index contributed by atoms with van der Waals surface area (Å²) in [5, 5.41) is 0. The van der Waals surface area contributed by atoms with Gasteiger partial charge in [0.1, 0.15) is 6.29 Å². The van der Waals surface area contributed by atoms with Gasteiger partial charge in [0, 0.05) is 24.5 Å². The molecule has 16 heavy (non-hydrogen) atoms. The van der Waals surface area contributed by atoms with E-state index >= 15 is 0 Å². The van der Waals surface area contributed by atoms with Crippen molar-refractivity contribution in [1.29, 1.82) is 0 Å². The molecule has 0 aromatic heterocycles. The van der Waals surface area contributed by atoms with E-state index in [0.717, 1.165) is 31.3 Å². The molecule has 0 heterocycles. The molecule has 0 atom stereocenters. The van der Waals surface area contributed by atoms with Crippen LogP contribution in [0.25, 0.3) is 0 Å². The molecule has 2 saturated carbocycles. The van der Waals surface area contributed by atoms with Crippen molar-refractivity contribution in [2.45, 2.75) is 58.4 Å². The third-order valence-corrected chi connectivity index (χ3v) is 4.43. The molecule has 0 bridgehead atoms. The van der Waals surface area contributed by atoms with Crippen molar-refractivity contribution in [3.8, 4) is 0 Å². The highest BCUT2D eigenvalue weighted by Gasteiger charge is 2.38. The third-order valence-electron chi connectivity index (χ3n) is 4.43. The Kier molecular flexibility index (Phi) is 3.68. The molecule has 2 heteroatoms. The van der Waals surface area contributed by atoms with Crippen molar-refractivity contribution in [3.05, 3.63) is 0 Å². The lowest BCUT2D eigenvalue weighted by Gasteiger charge is -2.33. The summed E-state index contributed by atoms with van der Waals surface area (Å²) < 4.78 is 0. The Morgan fingerprint density at radius 3 is 2.19 bits per heavy atom. The summed E-state index contributed by atoms with van der Waals surface area (Å²) in [6.45, 7) is 6.56. The first-order chi connectivity index (χ1) is 7.73. The van der Waals surface area contributed by atoms with Crippen LogP contribution in [0.5, 0.6) is 0 Å². The van der Waals surface area contributed by atoms with E-state index in [4.69, 9.17) is 0 Å². The predicted molar refractivity (Wildman–Crippen MR) is 66.4 cm³/mol. The van der Waals surface area contributed by atoms with Crippen LogP contribution in [0.15, 0.2) is 0 Å². The number of nitrogens with zero attached hydrogens (tertiary/aromatic N) is 1. The van der Waals surface area contributed by atoms with Gasteiger partial charge in [-0.2, -0.15) is 0 Å². The van der Waals surface area contributed by atoms with E-state index in [-0.39, 0.29) is 5.41 Å². The van der Waals surface area contributed by atoms with Crippen molar-refractivity contribution < 1.29 is 4.79 Å². The number of hydrogen-bond donors (Lipinski definition) is 0. The Labute approximate surface area is 99.4 Å². The maximum absolute atomic E-state index is 11.3. The van der Waals surface area contributed by atoms with Crippen LogP contribution in [0.2, 0.25) is 0 Å². The Morgan fingerprint density at radius 1 is 1.19 bits per heavy atom. The van der Waals surface area contributed by atoms with Crippen molar-refractivity contribution in [2.24, 2.45) is 11.3 Å². The molecule has 2 aliphatic carbocycles. The van der Waals surface area contributed by atoms with Crippen LogP contribution in [0.1, 0.15) is 52.4 Å². The highest BCUT2D eigenvalue weighted by atomic mass is 16.1. The van der Waals surface area contributed by atoms with E-state index in [1.54, 1.807) is 0 Å². The van der Waals surface area contributed by atoms with Crippen molar-refractivity contribution in [2.75, 3.05) is 13.1 Å². The maximum atomic E-state index is 11.3. The number of hydrogen-bond acceptors (Lipinski definition) is 2. The molecule has 0 N–H and O–H groups in total. The highest BCUT2D eigenvalue weighted by molar-refractivity contribution is 5.59. The zero-order chi connectivity index (χ0) is 11.6. The molecule has 2 fully saturated rings. The topological polar surface area (TPSA) is 20.3 Å². The smallest absolute Gasteiger partial charge is 0.127 e. The van der Waals surface area contributed by atoms with Gasteiger partial charge in [0.25, 0.3) is 0 Å². The number of aldehydes is 1. The van der Waals surface area contributed by atoms with E-state index in [1.165, 1.54) is 38.5 Å². The summed E-state index contributed by atoms with van der Waals surface area (Å²) in [5.74, 6) is 0.943. The molecule has 0 aliphatic heterocycles. The molecule has 0 spiro atoms. The molecule has 2 rings (SSSR count). The second-order valence-corrected chi connectivity index (χ2v) is 5.79. The minimum atomic E-state index is -0.0719. The van der Waals surface area contributed by atoms with Crippen LogP contribution in [-0.2, 0) is 4.79 Å². The summed E-state index contributed by atoms with van der Waals surface area (Å²) >= 11 is 0. The Hall–Kier alpha value is -0.370. The average Bonchev–Trinajstić information content (AvgIpc) is 3.17. The van der Waals surface area contributed by atoms with Crippen LogP contribution in [0, 0.1) is 11.3 Å². The van der Waals surface area contributed by atoms with E-state index in [9.17, 15) is 4.79 Å². The van der Waals surface area contributed by atoms with Crippen LogP contribution < -0.4 is 0 Å². The fraction of sp³-hybridized carbons (Fsp3) is 0.929. The van der Waals surface area contributed by atoms with Crippen LogP contribution in [0.4, 0.5) is 0 Å². The van der Waals surface area contributed by atoms with Crippen molar-refractivity contribution >= 4 is 6.29 Å². The van der Waals surface area contributed by atoms with Gasteiger partial charge in [-0.25, -0.2) is 0 Å². The molecule has 0 saturated heterocycles. The molecular weight excluding hydrogens is 198 g/mol. The number of carbonyl (C=O) groups is 1. The zero-order valence-electron chi connectivity index (χ0n) is 10.7. The van der Waals surface area contributed by atoms with E-state index in [2.05, 4.69) is 18.7 Å². The second kappa shape index (κ2) is 4.87. The Balaban J connectivity index is 1.93. The van der Waals surface area contributed by atoms with Gasteiger partial charge in [-0.15, -0.1) is 0 Å². The molecule has 2 aliphatic rings. The lowest BCUT2D eigenvalue weighted by molar-refractivity contribution is -0.117. The van der Waals surface area contributed by atoms with Gasteiger partial charge < -0.3 is 4.79 Å². The summed E-state index contributed by atoms with van der Waals surface area (Å²) in [6, 6.07) is 0.804. The van der Waals surface area contributed by atoms with Crippen LogP contribution >= 0.6 is 0 Å². The second-order valence-electron chi connectivity index (χ2n) is 5.79. The number of carbonyl (C=O) groups excluding carboxylic acids is 1. The predicted octanol–water partition coefficient (Wildman–Crippen LogP) is 2.87. The Morgan fingerprint density at radius 2 is 1.81 bits per heavy atom. The van der Waals surface area contributed by atoms with Gasteiger partial charge in [-0.3, -0.25) is 4.90 Å². The summed E-state index contributed by atoms with van der Waals surface area (Å²) in [7, 11) is 0. The minimum absolute atomic E-state index is 0.0719. The molecule has 0 radical (unpaired) electrons. The van der Waals surface area contributed by atoms with Gasteiger partial charge in [-0.1, -0.05) is 13.8 Å². The normalized spacial score (nSPS) is 21.4. The lowest BCUT2D eigenvalue weighted by Crippen LogP contribution is -2.40. The summed E-state index contributed by atoms with van der Waals surface area (Å²) in [4.78, 5) is 14.0. The maximum Gasteiger partial charge on any atom is 0.127 e. The van der Waals surface area contributed by atoms with Crippen LogP contribution in [0.3, 0.4) is 0 Å².